The first kappa shape index (κ1) is 19.3. The van der Waals surface area contributed by atoms with E-state index in [2.05, 4.69) is 16.0 Å². The zero-order valence-electron chi connectivity index (χ0n) is 15.4. The SMILES string of the molecule is CC(=O)Nc1cccc(NC(=O)C(=O)NC[C@@H]2COC3(CCCCC3)O2)c1. The lowest BCUT2D eigenvalue weighted by molar-refractivity contribution is -0.186. The van der Waals surface area contributed by atoms with Crippen LogP contribution in [0, 0.1) is 0 Å². The van der Waals surface area contributed by atoms with Crippen molar-refractivity contribution in [1.29, 1.82) is 0 Å². The summed E-state index contributed by atoms with van der Waals surface area (Å²) in [4.78, 5) is 35.2. The van der Waals surface area contributed by atoms with Crippen molar-refractivity contribution in [3.05, 3.63) is 24.3 Å². The van der Waals surface area contributed by atoms with E-state index in [1.807, 2.05) is 0 Å². The average Bonchev–Trinajstić information content (AvgIpc) is 3.02. The minimum Gasteiger partial charge on any atom is -0.347 e. The van der Waals surface area contributed by atoms with E-state index in [4.69, 9.17) is 9.47 Å². The molecule has 1 aromatic rings. The van der Waals surface area contributed by atoms with Gasteiger partial charge in [-0.1, -0.05) is 12.5 Å². The van der Waals surface area contributed by atoms with Crippen molar-refractivity contribution in [2.45, 2.75) is 50.9 Å². The van der Waals surface area contributed by atoms with Gasteiger partial charge in [0.25, 0.3) is 0 Å². The molecule has 0 bridgehead atoms. The van der Waals surface area contributed by atoms with Crippen LogP contribution in [-0.2, 0) is 23.9 Å². The molecule has 2 fully saturated rings. The third-order valence-corrected chi connectivity index (χ3v) is 4.67. The van der Waals surface area contributed by atoms with Crippen molar-refractivity contribution in [3.63, 3.8) is 0 Å². The Bertz CT molecular complexity index is 715. The maximum atomic E-state index is 12.1. The Balaban J connectivity index is 1.46. The Kier molecular flexibility index (Phi) is 6.08. The number of nitrogens with one attached hydrogen (secondary N) is 3. The van der Waals surface area contributed by atoms with Gasteiger partial charge < -0.3 is 25.4 Å². The molecule has 0 radical (unpaired) electrons. The van der Waals surface area contributed by atoms with Crippen molar-refractivity contribution in [2.24, 2.45) is 0 Å². The minimum absolute atomic E-state index is 0.217. The Morgan fingerprint density at radius 2 is 1.78 bits per heavy atom. The van der Waals surface area contributed by atoms with Crippen LogP contribution in [0.15, 0.2) is 24.3 Å². The van der Waals surface area contributed by atoms with E-state index in [1.165, 1.54) is 13.3 Å². The average molecular weight is 375 g/mol. The summed E-state index contributed by atoms with van der Waals surface area (Å²) in [6, 6.07) is 6.58. The van der Waals surface area contributed by atoms with Crippen LogP contribution >= 0.6 is 0 Å². The molecule has 1 aromatic carbocycles. The van der Waals surface area contributed by atoms with Gasteiger partial charge in [0.05, 0.1) is 6.61 Å². The number of hydrogen-bond acceptors (Lipinski definition) is 5. The fourth-order valence-corrected chi connectivity index (χ4v) is 3.42. The Morgan fingerprint density at radius 1 is 1.07 bits per heavy atom. The quantitative estimate of drug-likeness (QED) is 0.696. The van der Waals surface area contributed by atoms with Crippen molar-refractivity contribution >= 4 is 29.1 Å². The fourth-order valence-electron chi connectivity index (χ4n) is 3.42. The molecule has 0 aromatic heterocycles. The van der Waals surface area contributed by atoms with E-state index in [1.54, 1.807) is 24.3 Å². The number of anilines is 2. The molecular weight excluding hydrogens is 350 g/mol. The first-order valence-electron chi connectivity index (χ1n) is 9.24. The Morgan fingerprint density at radius 3 is 2.48 bits per heavy atom. The number of carbonyl (C=O) groups is 3. The highest BCUT2D eigenvalue weighted by atomic mass is 16.7. The van der Waals surface area contributed by atoms with Crippen LogP contribution in [0.3, 0.4) is 0 Å². The molecule has 1 heterocycles. The standard InChI is InChI=1S/C19H25N3O5/c1-13(23)21-14-6-5-7-15(10-14)22-18(25)17(24)20-11-16-12-26-19(27-16)8-3-2-4-9-19/h5-7,10,16H,2-4,8-9,11-12H2,1H3,(H,20,24)(H,21,23)(H,22,25)/t16-/m1/s1. The van der Waals surface area contributed by atoms with Crippen molar-refractivity contribution in [2.75, 3.05) is 23.8 Å². The van der Waals surface area contributed by atoms with Crippen molar-refractivity contribution in [3.8, 4) is 0 Å². The van der Waals surface area contributed by atoms with Gasteiger partial charge in [-0.2, -0.15) is 0 Å². The summed E-state index contributed by atoms with van der Waals surface area (Å²) in [6.45, 7) is 2.03. The molecule has 1 atom stereocenters. The normalized spacial score (nSPS) is 20.9. The molecule has 0 unspecified atom stereocenters. The lowest BCUT2D eigenvalue weighted by atomic mass is 9.94. The third-order valence-electron chi connectivity index (χ3n) is 4.67. The smallest absolute Gasteiger partial charge is 0.313 e. The second-order valence-corrected chi connectivity index (χ2v) is 6.95. The summed E-state index contributed by atoms with van der Waals surface area (Å²) >= 11 is 0. The molecule has 1 saturated heterocycles. The minimum atomic E-state index is -0.777. The van der Waals surface area contributed by atoms with E-state index in [0.29, 0.717) is 18.0 Å². The predicted molar refractivity (Wildman–Crippen MR) is 99.0 cm³/mol. The summed E-state index contributed by atoms with van der Waals surface area (Å²) in [7, 11) is 0. The molecular formula is C19H25N3O5. The molecule has 3 N–H and O–H groups in total. The zero-order valence-corrected chi connectivity index (χ0v) is 15.4. The number of benzene rings is 1. The van der Waals surface area contributed by atoms with E-state index in [-0.39, 0.29) is 18.6 Å². The zero-order chi connectivity index (χ0) is 19.3. The lowest BCUT2D eigenvalue weighted by Crippen LogP contribution is -2.41. The first-order valence-corrected chi connectivity index (χ1v) is 9.24. The molecule has 27 heavy (non-hydrogen) atoms. The highest BCUT2D eigenvalue weighted by Gasteiger charge is 2.42. The summed E-state index contributed by atoms with van der Waals surface area (Å²) in [5, 5.41) is 7.72. The van der Waals surface area contributed by atoms with Gasteiger partial charge in [-0.3, -0.25) is 14.4 Å². The van der Waals surface area contributed by atoms with Crippen molar-refractivity contribution < 1.29 is 23.9 Å². The largest absolute Gasteiger partial charge is 0.347 e. The van der Waals surface area contributed by atoms with Crippen molar-refractivity contribution in [1.82, 2.24) is 5.32 Å². The number of ether oxygens (including phenoxy) is 2. The van der Waals surface area contributed by atoms with E-state index in [9.17, 15) is 14.4 Å². The van der Waals surface area contributed by atoms with Gasteiger partial charge in [0.2, 0.25) is 5.91 Å². The third kappa shape index (κ3) is 5.27. The van der Waals surface area contributed by atoms with Gasteiger partial charge in [0.1, 0.15) is 6.10 Å². The van der Waals surface area contributed by atoms with E-state index >= 15 is 0 Å². The highest BCUT2D eigenvalue weighted by molar-refractivity contribution is 6.39. The number of carbonyl (C=O) groups excluding carboxylic acids is 3. The van der Waals surface area contributed by atoms with Gasteiger partial charge in [0.15, 0.2) is 5.79 Å². The van der Waals surface area contributed by atoms with Gasteiger partial charge in [-0.15, -0.1) is 0 Å². The van der Waals surface area contributed by atoms with E-state index < -0.39 is 17.6 Å². The van der Waals surface area contributed by atoms with Crippen LogP contribution in [0.2, 0.25) is 0 Å². The fraction of sp³-hybridized carbons (Fsp3) is 0.526. The van der Waals surface area contributed by atoms with Crippen LogP contribution < -0.4 is 16.0 Å². The van der Waals surface area contributed by atoms with Crippen LogP contribution in [0.1, 0.15) is 39.0 Å². The molecule has 1 saturated carbocycles. The number of rotatable bonds is 4. The topological polar surface area (TPSA) is 106 Å². The van der Waals surface area contributed by atoms with Gasteiger partial charge in [-0.25, -0.2) is 0 Å². The summed E-state index contributed by atoms with van der Waals surface area (Å²) in [5.74, 6) is -2.24. The maximum Gasteiger partial charge on any atom is 0.313 e. The number of amides is 3. The van der Waals surface area contributed by atoms with Crippen LogP contribution in [-0.4, -0.2) is 42.8 Å². The monoisotopic (exact) mass is 375 g/mol. The Hall–Kier alpha value is -2.45. The molecule has 3 amide bonds. The molecule has 1 spiro atoms. The summed E-state index contributed by atoms with van der Waals surface area (Å²) in [5.41, 5.74) is 0.956. The molecule has 8 heteroatoms. The highest BCUT2D eigenvalue weighted by Crippen LogP contribution is 2.37. The van der Waals surface area contributed by atoms with Crippen LogP contribution in [0.25, 0.3) is 0 Å². The Labute approximate surface area is 158 Å². The second-order valence-electron chi connectivity index (χ2n) is 6.95. The maximum absolute atomic E-state index is 12.1. The second kappa shape index (κ2) is 8.49. The summed E-state index contributed by atoms with van der Waals surface area (Å²) < 4.78 is 11.8. The molecule has 1 aliphatic heterocycles. The molecule has 8 nitrogen and oxygen atoms in total. The van der Waals surface area contributed by atoms with Crippen LogP contribution in [0.4, 0.5) is 11.4 Å². The lowest BCUT2D eigenvalue weighted by Gasteiger charge is -2.31. The molecule has 2 aliphatic rings. The van der Waals surface area contributed by atoms with E-state index in [0.717, 1.165) is 25.7 Å². The van der Waals surface area contributed by atoms with Gasteiger partial charge in [0, 0.05) is 37.7 Å². The van der Waals surface area contributed by atoms with Gasteiger partial charge in [-0.05, 0) is 31.0 Å². The summed E-state index contributed by atoms with van der Waals surface area (Å²) in [6.07, 6.45) is 4.87. The first-order chi connectivity index (χ1) is 13.0. The number of hydrogen-bond donors (Lipinski definition) is 3. The van der Waals surface area contributed by atoms with Crippen LogP contribution in [0.5, 0.6) is 0 Å². The molecule has 146 valence electrons. The van der Waals surface area contributed by atoms with Gasteiger partial charge >= 0.3 is 11.8 Å². The molecule has 1 aliphatic carbocycles. The predicted octanol–water partition coefficient (Wildman–Crippen LogP) is 1.78. The molecule has 3 rings (SSSR count).